The molecule has 5 heteroatoms. The summed E-state index contributed by atoms with van der Waals surface area (Å²) in [6, 6.07) is 8.81. The van der Waals surface area contributed by atoms with E-state index in [1.807, 2.05) is 38.1 Å². The molecule has 0 atom stereocenters. The number of aromatic hydroxyl groups is 1. The summed E-state index contributed by atoms with van der Waals surface area (Å²) in [6.45, 7) is 1.98. The van der Waals surface area contributed by atoms with Gasteiger partial charge in [0.15, 0.2) is 0 Å². The van der Waals surface area contributed by atoms with E-state index >= 15 is 0 Å². The van der Waals surface area contributed by atoms with Gasteiger partial charge in [-0.3, -0.25) is 4.79 Å². The molecule has 0 saturated carbocycles. The number of nitrogens with one attached hydrogen (secondary N) is 1. The predicted octanol–water partition coefficient (Wildman–Crippen LogP) is 3.16. The van der Waals surface area contributed by atoms with Gasteiger partial charge in [0.2, 0.25) is 0 Å². The first-order valence-corrected chi connectivity index (χ1v) is 6.46. The van der Waals surface area contributed by atoms with Gasteiger partial charge in [-0.2, -0.15) is 0 Å². The Hall–Kier alpha value is -2.56. The molecule has 0 bridgehead atoms. The Kier molecular flexibility index (Phi) is 4.12. The van der Waals surface area contributed by atoms with Crippen LogP contribution < -0.4 is 10.2 Å². The summed E-state index contributed by atoms with van der Waals surface area (Å²) in [5, 5.41) is 12.3. The van der Waals surface area contributed by atoms with Crippen molar-refractivity contribution < 1.29 is 14.3 Å². The summed E-state index contributed by atoms with van der Waals surface area (Å²) in [7, 11) is 3.83. The van der Waals surface area contributed by atoms with Crippen molar-refractivity contribution in [1.29, 1.82) is 0 Å². The molecule has 2 aromatic rings. The lowest BCUT2D eigenvalue weighted by atomic mass is 10.1. The Bertz CT molecular complexity index is 684. The van der Waals surface area contributed by atoms with Crippen molar-refractivity contribution in [3.8, 4) is 5.75 Å². The van der Waals surface area contributed by atoms with E-state index in [1.165, 1.54) is 6.07 Å². The molecule has 1 amide bonds. The molecule has 2 rings (SSSR count). The Morgan fingerprint density at radius 3 is 2.52 bits per heavy atom. The lowest BCUT2D eigenvalue weighted by molar-refractivity contribution is 0.102. The van der Waals surface area contributed by atoms with Crippen LogP contribution in [0.25, 0.3) is 0 Å². The molecular weight excluding hydrogens is 271 g/mol. The Labute approximate surface area is 122 Å². The third kappa shape index (κ3) is 3.31. The minimum Gasteiger partial charge on any atom is -0.507 e. The SMILES string of the molecule is Cc1ccc(NC(=O)c2ccc(F)cc2O)cc1N(C)C. The van der Waals surface area contributed by atoms with E-state index in [0.29, 0.717) is 5.69 Å². The van der Waals surface area contributed by atoms with Gasteiger partial charge in [-0.1, -0.05) is 6.07 Å². The molecule has 2 aromatic carbocycles. The molecule has 0 unspecified atom stereocenters. The number of hydrogen-bond acceptors (Lipinski definition) is 3. The molecule has 0 aliphatic carbocycles. The average Bonchev–Trinajstić information content (AvgIpc) is 2.40. The maximum atomic E-state index is 12.9. The van der Waals surface area contributed by atoms with E-state index in [0.717, 1.165) is 23.4 Å². The van der Waals surface area contributed by atoms with Gasteiger partial charge in [0.05, 0.1) is 5.56 Å². The van der Waals surface area contributed by atoms with Gasteiger partial charge in [-0.05, 0) is 36.8 Å². The van der Waals surface area contributed by atoms with Gasteiger partial charge in [0, 0.05) is 31.5 Å². The number of nitrogens with zero attached hydrogens (tertiary/aromatic N) is 1. The first-order chi connectivity index (χ1) is 9.88. The van der Waals surface area contributed by atoms with Crippen LogP contribution in [-0.4, -0.2) is 25.1 Å². The van der Waals surface area contributed by atoms with Crippen molar-refractivity contribution in [2.45, 2.75) is 6.92 Å². The lowest BCUT2D eigenvalue weighted by Gasteiger charge is -2.17. The molecule has 21 heavy (non-hydrogen) atoms. The second kappa shape index (κ2) is 5.83. The van der Waals surface area contributed by atoms with Crippen LogP contribution in [0, 0.1) is 12.7 Å². The van der Waals surface area contributed by atoms with Crippen molar-refractivity contribution >= 4 is 17.3 Å². The highest BCUT2D eigenvalue weighted by Gasteiger charge is 2.13. The first kappa shape index (κ1) is 14.8. The highest BCUT2D eigenvalue weighted by atomic mass is 19.1. The lowest BCUT2D eigenvalue weighted by Crippen LogP contribution is -2.14. The molecule has 0 aliphatic heterocycles. The molecule has 4 nitrogen and oxygen atoms in total. The summed E-state index contributed by atoms with van der Waals surface area (Å²) < 4.78 is 12.9. The van der Waals surface area contributed by atoms with Crippen LogP contribution in [0.3, 0.4) is 0 Å². The van der Waals surface area contributed by atoms with Crippen LogP contribution in [-0.2, 0) is 0 Å². The van der Waals surface area contributed by atoms with E-state index in [2.05, 4.69) is 5.32 Å². The molecule has 0 aliphatic rings. The second-order valence-electron chi connectivity index (χ2n) is 5.01. The normalized spacial score (nSPS) is 10.3. The zero-order valence-corrected chi connectivity index (χ0v) is 12.1. The number of aryl methyl sites for hydroxylation is 1. The van der Waals surface area contributed by atoms with Crippen molar-refractivity contribution in [2.75, 3.05) is 24.3 Å². The minimum atomic E-state index is -0.589. The highest BCUT2D eigenvalue weighted by Crippen LogP contribution is 2.24. The number of phenolic OH excluding ortho intramolecular Hbond substituents is 1. The standard InChI is InChI=1S/C16H17FN2O2/c1-10-4-6-12(9-14(10)19(2)3)18-16(21)13-7-5-11(17)8-15(13)20/h4-9,20H,1-3H3,(H,18,21). The Morgan fingerprint density at radius 2 is 1.90 bits per heavy atom. The van der Waals surface area contributed by atoms with E-state index < -0.39 is 11.7 Å². The molecule has 110 valence electrons. The smallest absolute Gasteiger partial charge is 0.259 e. The summed E-state index contributed by atoms with van der Waals surface area (Å²) >= 11 is 0. The Morgan fingerprint density at radius 1 is 1.19 bits per heavy atom. The fourth-order valence-electron chi connectivity index (χ4n) is 2.06. The van der Waals surface area contributed by atoms with Gasteiger partial charge in [-0.25, -0.2) is 4.39 Å². The zero-order valence-electron chi connectivity index (χ0n) is 12.1. The Balaban J connectivity index is 2.25. The van der Waals surface area contributed by atoms with E-state index in [1.54, 1.807) is 6.07 Å². The van der Waals surface area contributed by atoms with Crippen LogP contribution in [0.1, 0.15) is 15.9 Å². The molecular formula is C16H17FN2O2. The van der Waals surface area contributed by atoms with Crippen molar-refractivity contribution in [3.63, 3.8) is 0 Å². The quantitative estimate of drug-likeness (QED) is 0.912. The second-order valence-corrected chi connectivity index (χ2v) is 5.01. The van der Waals surface area contributed by atoms with Crippen molar-refractivity contribution in [2.24, 2.45) is 0 Å². The maximum Gasteiger partial charge on any atom is 0.259 e. The third-order valence-corrected chi connectivity index (χ3v) is 3.15. The maximum absolute atomic E-state index is 12.9. The molecule has 0 saturated heterocycles. The summed E-state index contributed by atoms with van der Waals surface area (Å²) in [5.41, 5.74) is 2.71. The first-order valence-electron chi connectivity index (χ1n) is 6.46. The monoisotopic (exact) mass is 288 g/mol. The largest absolute Gasteiger partial charge is 0.507 e. The highest BCUT2D eigenvalue weighted by molar-refractivity contribution is 6.06. The number of hydrogen-bond donors (Lipinski definition) is 2. The van der Waals surface area contributed by atoms with Crippen LogP contribution in [0.2, 0.25) is 0 Å². The fourth-order valence-corrected chi connectivity index (χ4v) is 2.06. The number of phenols is 1. The summed E-state index contributed by atoms with van der Waals surface area (Å²) in [4.78, 5) is 14.0. The average molecular weight is 288 g/mol. The number of rotatable bonds is 3. The van der Waals surface area contributed by atoms with E-state index in [-0.39, 0.29) is 11.3 Å². The van der Waals surface area contributed by atoms with Crippen LogP contribution in [0.5, 0.6) is 5.75 Å². The van der Waals surface area contributed by atoms with Crippen molar-refractivity contribution in [1.82, 2.24) is 0 Å². The molecule has 0 heterocycles. The minimum absolute atomic E-state index is 0.0309. The molecule has 0 aromatic heterocycles. The van der Waals surface area contributed by atoms with E-state index in [4.69, 9.17) is 0 Å². The topological polar surface area (TPSA) is 52.6 Å². The zero-order chi connectivity index (χ0) is 15.6. The van der Waals surface area contributed by atoms with Gasteiger partial charge in [0.25, 0.3) is 5.91 Å². The summed E-state index contributed by atoms with van der Waals surface area (Å²) in [5.74, 6) is -1.46. The van der Waals surface area contributed by atoms with E-state index in [9.17, 15) is 14.3 Å². The number of anilines is 2. The number of carbonyl (C=O) groups excluding carboxylic acids is 1. The molecule has 2 N–H and O–H groups in total. The molecule has 0 radical (unpaired) electrons. The van der Waals surface area contributed by atoms with Gasteiger partial charge >= 0.3 is 0 Å². The number of carbonyl (C=O) groups is 1. The summed E-state index contributed by atoms with van der Waals surface area (Å²) in [6.07, 6.45) is 0. The van der Waals surface area contributed by atoms with Crippen LogP contribution >= 0.6 is 0 Å². The number of benzene rings is 2. The molecule has 0 fully saturated rings. The van der Waals surface area contributed by atoms with Gasteiger partial charge < -0.3 is 15.3 Å². The number of halogens is 1. The predicted molar refractivity (Wildman–Crippen MR) is 81.5 cm³/mol. The third-order valence-electron chi connectivity index (χ3n) is 3.15. The van der Waals surface area contributed by atoms with Crippen LogP contribution in [0.4, 0.5) is 15.8 Å². The fraction of sp³-hybridized carbons (Fsp3) is 0.188. The number of amides is 1. The van der Waals surface area contributed by atoms with Gasteiger partial charge in [0.1, 0.15) is 11.6 Å². The van der Waals surface area contributed by atoms with Gasteiger partial charge in [-0.15, -0.1) is 0 Å². The molecule has 0 spiro atoms. The van der Waals surface area contributed by atoms with Crippen LogP contribution in [0.15, 0.2) is 36.4 Å². The van der Waals surface area contributed by atoms with Crippen molar-refractivity contribution in [3.05, 3.63) is 53.3 Å².